The lowest BCUT2D eigenvalue weighted by molar-refractivity contribution is -0.375. The molecule has 0 N–H and O–H groups in total. The lowest BCUT2D eigenvalue weighted by Gasteiger charge is -2.49. The van der Waals surface area contributed by atoms with Gasteiger partial charge in [-0.2, -0.15) is 0 Å². The van der Waals surface area contributed by atoms with Crippen LogP contribution in [-0.4, -0.2) is 171 Å². The van der Waals surface area contributed by atoms with E-state index in [0.29, 0.717) is 0 Å². The molecule has 2 rings (SSSR count). The second kappa shape index (κ2) is 18.3. The van der Waals surface area contributed by atoms with Crippen molar-refractivity contribution in [3.63, 3.8) is 0 Å². The summed E-state index contributed by atoms with van der Waals surface area (Å²) in [5.41, 5.74) is -1.02. The molecule has 14 nitrogen and oxygen atoms in total. The van der Waals surface area contributed by atoms with Crippen LogP contribution in [0.4, 0.5) is 0 Å². The van der Waals surface area contributed by atoms with Gasteiger partial charge in [-0.25, -0.2) is 0 Å². The van der Waals surface area contributed by atoms with Crippen molar-refractivity contribution in [2.24, 2.45) is 0 Å². The van der Waals surface area contributed by atoms with E-state index in [4.69, 9.17) is 66.3 Å². The van der Waals surface area contributed by atoms with Crippen LogP contribution in [0.1, 0.15) is 6.92 Å². The summed E-state index contributed by atoms with van der Waals surface area (Å²) >= 11 is 0. The third kappa shape index (κ3) is 8.54. The normalized spacial score (nSPS) is 36.7. The highest BCUT2D eigenvalue weighted by atomic mass is 16.8. The van der Waals surface area contributed by atoms with Gasteiger partial charge in [-0.3, -0.25) is 0 Å². The fourth-order valence-corrected chi connectivity index (χ4v) is 5.62. The van der Waals surface area contributed by atoms with Crippen LogP contribution in [0.5, 0.6) is 0 Å². The lowest BCUT2D eigenvalue weighted by atomic mass is 9.96. The predicted octanol–water partition coefficient (Wildman–Crippen LogP) is 0.272. The molecule has 0 spiro atoms. The predicted molar refractivity (Wildman–Crippen MR) is 144 cm³/mol. The number of hydrogen-bond donors (Lipinski definition) is 0. The summed E-state index contributed by atoms with van der Waals surface area (Å²) in [6, 6.07) is 0. The average molecular weight is 601 g/mol. The fraction of sp³-hybridized carbons (Fsp3) is 1.00. The Labute approximate surface area is 244 Å². The van der Waals surface area contributed by atoms with Crippen LogP contribution in [0.2, 0.25) is 0 Å². The molecule has 0 saturated carbocycles. The molecule has 41 heavy (non-hydrogen) atoms. The molecule has 0 amide bonds. The van der Waals surface area contributed by atoms with Crippen LogP contribution in [0, 0.1) is 0 Å². The van der Waals surface area contributed by atoms with Gasteiger partial charge < -0.3 is 66.3 Å². The number of ether oxygens (including phenoxy) is 14. The zero-order valence-electron chi connectivity index (χ0n) is 26.4. The Hall–Kier alpha value is -0.560. The minimum Gasteiger partial charge on any atom is -0.382 e. The first kappa shape index (κ1) is 36.6. The number of methoxy groups -OCH3 is 10. The number of rotatable bonds is 19. The van der Waals surface area contributed by atoms with Gasteiger partial charge in [-0.1, -0.05) is 0 Å². The van der Waals surface area contributed by atoms with Gasteiger partial charge in [0.1, 0.15) is 54.4 Å². The van der Waals surface area contributed by atoms with E-state index in [0.717, 1.165) is 0 Å². The van der Waals surface area contributed by atoms with E-state index < -0.39 is 73.1 Å². The Morgan fingerprint density at radius 3 is 1.71 bits per heavy atom. The van der Waals surface area contributed by atoms with Crippen molar-refractivity contribution in [2.75, 3.05) is 97.5 Å². The molecule has 244 valence electrons. The lowest BCUT2D eigenvalue weighted by Crippen LogP contribution is -2.66. The Morgan fingerprint density at radius 2 is 1.22 bits per heavy atom. The molecule has 0 radical (unpaired) electrons. The quantitative estimate of drug-likeness (QED) is 0.201. The van der Waals surface area contributed by atoms with Crippen LogP contribution < -0.4 is 0 Å². The molecule has 2 aliphatic rings. The maximum absolute atomic E-state index is 6.61. The highest BCUT2D eigenvalue weighted by Crippen LogP contribution is 2.34. The van der Waals surface area contributed by atoms with E-state index >= 15 is 0 Å². The zero-order chi connectivity index (χ0) is 30.6. The minimum absolute atomic E-state index is 0.0164. The van der Waals surface area contributed by atoms with Crippen molar-refractivity contribution in [1.29, 1.82) is 0 Å². The highest BCUT2D eigenvalue weighted by molar-refractivity contribution is 4.97. The Bertz CT molecular complexity index is 703. The summed E-state index contributed by atoms with van der Waals surface area (Å²) in [6.45, 7) is 2.55. The molecule has 0 aromatic carbocycles. The summed E-state index contributed by atoms with van der Waals surface area (Å²) in [5.74, 6) is 0. The summed E-state index contributed by atoms with van der Waals surface area (Å²) in [5, 5.41) is 0. The molecule has 12 atom stereocenters. The molecular weight excluding hydrogens is 548 g/mol. The molecule has 2 fully saturated rings. The zero-order valence-corrected chi connectivity index (χ0v) is 26.4. The molecule has 14 heteroatoms. The summed E-state index contributed by atoms with van der Waals surface area (Å²) in [7, 11) is 15.8. The molecule has 0 aromatic rings. The largest absolute Gasteiger partial charge is 0.382 e. The Morgan fingerprint density at radius 1 is 0.610 bits per heavy atom. The SMILES string of the molecule is COCC1OC(OC2C(OCC(COC)(OC)C(COC)OC)OC(C)C(OC)C2OC)C(OC)C(OC)C1OC. The molecule has 0 bridgehead atoms. The van der Waals surface area contributed by atoms with E-state index in [1.54, 1.807) is 71.1 Å². The van der Waals surface area contributed by atoms with Gasteiger partial charge >= 0.3 is 0 Å². The smallest absolute Gasteiger partial charge is 0.187 e. The van der Waals surface area contributed by atoms with Crippen molar-refractivity contribution >= 4 is 0 Å². The van der Waals surface area contributed by atoms with Gasteiger partial charge in [-0.05, 0) is 6.92 Å². The monoisotopic (exact) mass is 600 g/mol. The van der Waals surface area contributed by atoms with Crippen molar-refractivity contribution in [3.8, 4) is 0 Å². The molecular formula is C27H52O14. The van der Waals surface area contributed by atoms with Crippen LogP contribution in [0.15, 0.2) is 0 Å². The highest BCUT2D eigenvalue weighted by Gasteiger charge is 2.53. The molecule has 2 aliphatic heterocycles. The second-order valence-corrected chi connectivity index (χ2v) is 10.0. The topological polar surface area (TPSA) is 129 Å². The van der Waals surface area contributed by atoms with Gasteiger partial charge in [0.15, 0.2) is 12.6 Å². The summed E-state index contributed by atoms with van der Waals surface area (Å²) in [6.07, 6.45) is -6.83. The Balaban J connectivity index is 2.43. The minimum atomic E-state index is -1.02. The van der Waals surface area contributed by atoms with Crippen molar-refractivity contribution < 1.29 is 66.3 Å². The van der Waals surface area contributed by atoms with E-state index in [-0.39, 0.29) is 26.4 Å². The molecule has 0 aromatic heterocycles. The van der Waals surface area contributed by atoms with E-state index in [2.05, 4.69) is 0 Å². The van der Waals surface area contributed by atoms with Gasteiger partial charge in [0.2, 0.25) is 0 Å². The first-order valence-electron chi connectivity index (χ1n) is 13.6. The van der Waals surface area contributed by atoms with Crippen molar-refractivity contribution in [1.82, 2.24) is 0 Å². The maximum atomic E-state index is 6.61. The van der Waals surface area contributed by atoms with Crippen LogP contribution in [-0.2, 0) is 66.3 Å². The third-order valence-electron chi connectivity index (χ3n) is 7.78. The van der Waals surface area contributed by atoms with Gasteiger partial charge in [0, 0.05) is 71.1 Å². The van der Waals surface area contributed by atoms with Crippen molar-refractivity contribution in [3.05, 3.63) is 0 Å². The van der Waals surface area contributed by atoms with Gasteiger partial charge in [0.25, 0.3) is 0 Å². The summed E-state index contributed by atoms with van der Waals surface area (Å²) < 4.78 is 82.5. The maximum Gasteiger partial charge on any atom is 0.187 e. The second-order valence-electron chi connectivity index (χ2n) is 10.0. The molecule has 2 heterocycles. The summed E-state index contributed by atoms with van der Waals surface area (Å²) in [4.78, 5) is 0. The third-order valence-corrected chi connectivity index (χ3v) is 7.78. The van der Waals surface area contributed by atoms with E-state index in [1.165, 1.54) is 0 Å². The average Bonchev–Trinajstić information content (AvgIpc) is 2.98. The van der Waals surface area contributed by atoms with Crippen LogP contribution in [0.3, 0.4) is 0 Å². The Kier molecular flexibility index (Phi) is 16.3. The molecule has 0 aliphatic carbocycles. The van der Waals surface area contributed by atoms with Crippen LogP contribution >= 0.6 is 0 Å². The van der Waals surface area contributed by atoms with Crippen LogP contribution in [0.25, 0.3) is 0 Å². The van der Waals surface area contributed by atoms with Crippen molar-refractivity contribution in [2.45, 2.75) is 80.0 Å². The first-order chi connectivity index (χ1) is 19.8. The van der Waals surface area contributed by atoms with Gasteiger partial charge in [-0.15, -0.1) is 0 Å². The fourth-order valence-electron chi connectivity index (χ4n) is 5.62. The number of hydrogen-bond acceptors (Lipinski definition) is 14. The standard InChI is InChI=1S/C27H52O14/c1-16-19(32-6)21(34-8)24(25(39-16)38-15-27(37-11,14-30-4)18(31-5)13-29-3)41-26-23(36-10)22(35-9)20(33-7)17(40-26)12-28-2/h16-26H,12-15H2,1-11H3. The van der Waals surface area contributed by atoms with E-state index in [9.17, 15) is 0 Å². The first-order valence-corrected chi connectivity index (χ1v) is 13.6. The molecule has 12 unspecified atom stereocenters. The van der Waals surface area contributed by atoms with E-state index in [1.807, 2.05) is 6.92 Å². The van der Waals surface area contributed by atoms with Gasteiger partial charge in [0.05, 0.1) is 32.5 Å². The molecule has 2 saturated heterocycles.